The van der Waals surface area contributed by atoms with E-state index in [1.165, 1.54) is 0 Å². The van der Waals surface area contributed by atoms with Gasteiger partial charge in [0.25, 0.3) is 0 Å². The summed E-state index contributed by atoms with van der Waals surface area (Å²) in [7, 11) is 0. The Hall–Kier alpha value is -2.64. The van der Waals surface area contributed by atoms with Crippen LogP contribution in [0.4, 0.5) is 5.82 Å². The van der Waals surface area contributed by atoms with Gasteiger partial charge in [-0.05, 0) is 34.9 Å². The van der Waals surface area contributed by atoms with E-state index in [0.29, 0.717) is 30.1 Å². The molecule has 37 heavy (non-hydrogen) atoms. The largest absolute Gasteiger partial charge is 0.367 e. The number of nitrogens with zero attached hydrogens (tertiary/aromatic N) is 4. The minimum atomic E-state index is -0.992. The predicted octanol–water partition coefficient (Wildman–Crippen LogP) is 4.60. The van der Waals surface area contributed by atoms with Gasteiger partial charge in [0.05, 0.1) is 19.5 Å². The van der Waals surface area contributed by atoms with E-state index in [9.17, 15) is 5.26 Å². The summed E-state index contributed by atoms with van der Waals surface area (Å²) >= 11 is 9.80. The predicted molar refractivity (Wildman–Crippen MR) is 138 cm³/mol. The van der Waals surface area contributed by atoms with Crippen molar-refractivity contribution in [3.05, 3.63) is 81.8 Å². The van der Waals surface area contributed by atoms with Crippen LogP contribution in [-0.2, 0) is 32.2 Å². The minimum Gasteiger partial charge on any atom is -0.367 e. The average Bonchev–Trinajstić information content (AvgIpc) is 3.56. The van der Waals surface area contributed by atoms with Gasteiger partial charge in [-0.1, -0.05) is 58.4 Å². The van der Waals surface area contributed by atoms with Gasteiger partial charge in [0.2, 0.25) is 5.28 Å². The number of aromatic nitrogens is 4. The molecule has 4 atom stereocenters. The molecule has 6 rings (SSSR count). The van der Waals surface area contributed by atoms with Crippen LogP contribution in [-0.4, -0.2) is 55.8 Å². The molecule has 4 heterocycles. The molecular formula is C25H23BrClN5O5. The summed E-state index contributed by atoms with van der Waals surface area (Å²) in [4.78, 5) is 17.9. The summed E-state index contributed by atoms with van der Waals surface area (Å²) in [6.07, 6.45) is 0.0200. The highest BCUT2D eigenvalue weighted by Gasteiger charge is 2.63. The second-order valence-electron chi connectivity index (χ2n) is 8.99. The number of nitrogens with one attached hydrogen (secondary N) is 1. The first-order valence-electron chi connectivity index (χ1n) is 11.7. The van der Waals surface area contributed by atoms with Gasteiger partial charge >= 0.3 is 0 Å². The van der Waals surface area contributed by atoms with Crippen LogP contribution >= 0.6 is 27.5 Å². The van der Waals surface area contributed by atoms with E-state index in [1.54, 1.807) is 10.9 Å². The monoisotopic (exact) mass is 587 g/mol. The first kappa shape index (κ1) is 24.7. The van der Waals surface area contributed by atoms with Crippen LogP contribution in [0.1, 0.15) is 17.4 Å². The van der Waals surface area contributed by atoms with E-state index in [4.69, 9.17) is 25.8 Å². The number of hydrogen-bond acceptors (Lipinski definition) is 9. The number of ether oxygens (including phenoxy) is 3. The number of anilines is 1. The van der Waals surface area contributed by atoms with Crippen LogP contribution in [0.3, 0.4) is 0 Å². The van der Waals surface area contributed by atoms with Crippen molar-refractivity contribution in [2.75, 3.05) is 18.5 Å². The van der Waals surface area contributed by atoms with E-state index >= 15 is 0 Å². The maximum absolute atomic E-state index is 9.32. The lowest BCUT2D eigenvalue weighted by molar-refractivity contribution is -0.295. The van der Waals surface area contributed by atoms with Crippen molar-refractivity contribution in [1.82, 2.24) is 19.5 Å². The molecule has 2 aromatic carbocycles. The van der Waals surface area contributed by atoms with Crippen molar-refractivity contribution in [1.29, 1.82) is 0 Å². The summed E-state index contributed by atoms with van der Waals surface area (Å²) < 4.78 is 21.5. The topological polar surface area (TPSA) is 113 Å². The second kappa shape index (κ2) is 10.3. The smallest absolute Gasteiger partial charge is 0.226 e. The molecule has 12 heteroatoms. The van der Waals surface area contributed by atoms with E-state index in [2.05, 4.69) is 41.1 Å². The van der Waals surface area contributed by atoms with Crippen LogP contribution in [0.2, 0.25) is 5.28 Å². The molecule has 0 aliphatic carbocycles. The molecule has 0 spiro atoms. The van der Waals surface area contributed by atoms with E-state index in [1.807, 2.05) is 54.6 Å². The zero-order valence-corrected chi connectivity index (χ0v) is 21.8. The van der Waals surface area contributed by atoms with Crippen LogP contribution in [0.25, 0.3) is 11.2 Å². The molecule has 0 unspecified atom stereocenters. The number of benzene rings is 2. The maximum atomic E-state index is 9.32. The molecule has 2 fully saturated rings. The molecule has 0 radical (unpaired) electrons. The molecule has 192 valence electrons. The van der Waals surface area contributed by atoms with Crippen molar-refractivity contribution < 1.29 is 24.4 Å². The second-order valence-corrected chi connectivity index (χ2v) is 10.2. The molecule has 2 aliphatic heterocycles. The van der Waals surface area contributed by atoms with E-state index in [0.717, 1.165) is 15.6 Å². The Labute approximate surface area is 225 Å². The number of fused-ring (bicyclic) bond motifs is 3. The Kier molecular flexibility index (Phi) is 6.84. The quantitative estimate of drug-likeness (QED) is 0.165. The average molecular weight is 589 g/mol. The molecular weight excluding hydrogens is 566 g/mol. The number of hydrogen-bond donors (Lipinski definition) is 2. The molecule has 10 nitrogen and oxygen atoms in total. The highest BCUT2D eigenvalue weighted by molar-refractivity contribution is 9.10. The SMILES string of the molecule is OOC[C@]12CO[C@@H]([C@H](n3cnc4c(NCc5cccc(Br)c5)nc(Cl)nc43)O1)[C@@H]2OCc1ccccc1. The molecule has 2 aromatic heterocycles. The zero-order chi connectivity index (χ0) is 25.4. The number of halogens is 2. The lowest BCUT2D eigenvalue weighted by atomic mass is 10.00. The van der Waals surface area contributed by atoms with Gasteiger partial charge in [-0.3, -0.25) is 9.82 Å². The summed E-state index contributed by atoms with van der Waals surface area (Å²) in [5, 5.41) is 12.7. The van der Waals surface area contributed by atoms with Crippen molar-refractivity contribution >= 4 is 44.5 Å². The third kappa shape index (κ3) is 4.72. The van der Waals surface area contributed by atoms with Crippen LogP contribution in [0, 0.1) is 0 Å². The fourth-order valence-electron chi connectivity index (χ4n) is 4.87. The van der Waals surface area contributed by atoms with E-state index < -0.39 is 24.0 Å². The summed E-state index contributed by atoms with van der Waals surface area (Å²) in [6.45, 7) is 0.987. The molecule has 2 saturated heterocycles. The lowest BCUT2D eigenvalue weighted by Gasteiger charge is -2.30. The van der Waals surface area contributed by atoms with E-state index in [-0.39, 0.29) is 18.5 Å². The third-order valence-electron chi connectivity index (χ3n) is 6.57. The normalized spacial score (nSPS) is 24.7. The first-order chi connectivity index (χ1) is 18.1. The van der Waals surface area contributed by atoms with Gasteiger partial charge in [-0.25, -0.2) is 9.87 Å². The van der Waals surface area contributed by atoms with Crippen LogP contribution in [0.15, 0.2) is 65.4 Å². The summed E-state index contributed by atoms with van der Waals surface area (Å²) in [6, 6.07) is 17.8. The Morgan fingerprint density at radius 1 is 1.16 bits per heavy atom. The Morgan fingerprint density at radius 3 is 2.81 bits per heavy atom. The Morgan fingerprint density at radius 2 is 2.00 bits per heavy atom. The molecule has 2 N–H and O–H groups in total. The lowest BCUT2D eigenvalue weighted by Crippen LogP contribution is -2.46. The highest BCUT2D eigenvalue weighted by atomic mass is 79.9. The fourth-order valence-corrected chi connectivity index (χ4v) is 5.48. The van der Waals surface area contributed by atoms with Crippen LogP contribution in [0.5, 0.6) is 0 Å². The van der Waals surface area contributed by atoms with Crippen LogP contribution < -0.4 is 5.32 Å². The minimum absolute atomic E-state index is 0.0698. The van der Waals surface area contributed by atoms with Crippen molar-refractivity contribution in [3.63, 3.8) is 0 Å². The summed E-state index contributed by atoms with van der Waals surface area (Å²) in [5.74, 6) is 0.503. The maximum Gasteiger partial charge on any atom is 0.226 e. The molecule has 4 aromatic rings. The van der Waals surface area contributed by atoms with Gasteiger partial charge < -0.3 is 19.5 Å². The van der Waals surface area contributed by atoms with Gasteiger partial charge in [0.1, 0.15) is 24.4 Å². The van der Waals surface area contributed by atoms with Gasteiger partial charge in [0.15, 0.2) is 23.2 Å². The Balaban J connectivity index is 1.28. The van der Waals surface area contributed by atoms with Crippen molar-refractivity contribution in [3.8, 4) is 0 Å². The van der Waals surface area contributed by atoms with Gasteiger partial charge in [-0.15, -0.1) is 0 Å². The molecule has 0 amide bonds. The highest BCUT2D eigenvalue weighted by Crippen LogP contribution is 2.47. The Bertz CT molecular complexity index is 1410. The van der Waals surface area contributed by atoms with Crippen molar-refractivity contribution in [2.45, 2.75) is 37.2 Å². The zero-order valence-electron chi connectivity index (χ0n) is 19.5. The third-order valence-corrected chi connectivity index (χ3v) is 7.23. The van der Waals surface area contributed by atoms with Crippen molar-refractivity contribution in [2.24, 2.45) is 0 Å². The molecule has 0 saturated carbocycles. The molecule has 2 bridgehead atoms. The number of imidazole rings is 1. The standard InChI is InChI=1S/C25H23BrClN5O5/c26-17-8-4-7-16(9-17)10-28-21-18-22(31-24(27)30-21)32(14-29-18)23-19-20(25(37-23,12-35-19)13-36-33)34-11-15-5-2-1-3-6-15/h1-9,14,19-20,23,33H,10-13H2,(H,28,30,31)/t19-,20+,23-,25+/m1/s1. The van der Waals surface area contributed by atoms with Gasteiger partial charge in [0, 0.05) is 11.0 Å². The summed E-state index contributed by atoms with van der Waals surface area (Å²) in [5.41, 5.74) is 2.11. The number of rotatable bonds is 9. The van der Waals surface area contributed by atoms with Gasteiger partial charge in [-0.2, -0.15) is 9.97 Å². The fraction of sp³-hybridized carbons (Fsp3) is 0.320. The first-order valence-corrected chi connectivity index (χ1v) is 12.8. The molecule has 2 aliphatic rings.